The number of benzene rings is 2. The number of amides is 2. The summed E-state index contributed by atoms with van der Waals surface area (Å²) < 4.78 is 55.0. The predicted molar refractivity (Wildman–Crippen MR) is 106 cm³/mol. The Bertz CT molecular complexity index is 976. The number of methoxy groups -OCH3 is 1. The lowest BCUT2D eigenvalue weighted by atomic mass is 10.1. The van der Waals surface area contributed by atoms with E-state index in [1.807, 2.05) is 0 Å². The molecule has 3 rings (SSSR count). The van der Waals surface area contributed by atoms with E-state index >= 15 is 0 Å². The van der Waals surface area contributed by atoms with E-state index in [0.717, 1.165) is 12.1 Å². The minimum Gasteiger partial charge on any atom is -0.496 e. The maximum Gasteiger partial charge on any atom is 0.259 e. The van der Waals surface area contributed by atoms with Crippen LogP contribution in [0.25, 0.3) is 0 Å². The van der Waals surface area contributed by atoms with E-state index in [4.69, 9.17) is 9.29 Å². The van der Waals surface area contributed by atoms with Crippen LogP contribution < -0.4 is 9.46 Å². The van der Waals surface area contributed by atoms with E-state index < -0.39 is 34.4 Å². The molecule has 1 atom stereocenters. The van der Waals surface area contributed by atoms with Crippen molar-refractivity contribution in [3.63, 3.8) is 0 Å². The zero-order valence-electron chi connectivity index (χ0n) is 15.9. The van der Waals surface area contributed by atoms with Crippen molar-refractivity contribution >= 4 is 28.8 Å². The third kappa shape index (κ3) is 4.57. The van der Waals surface area contributed by atoms with E-state index in [1.165, 1.54) is 41.2 Å². The van der Waals surface area contributed by atoms with Crippen LogP contribution in [0, 0.1) is 11.6 Å². The number of carbonyl (C=O) groups is 2. The minimum atomic E-state index is -2.27. The van der Waals surface area contributed by atoms with Gasteiger partial charge in [0.2, 0.25) is 0 Å². The van der Waals surface area contributed by atoms with Gasteiger partial charge < -0.3 is 14.5 Å². The van der Waals surface area contributed by atoms with E-state index in [-0.39, 0.29) is 43.4 Å². The second-order valence-electron chi connectivity index (χ2n) is 6.45. The number of nitrogens with one attached hydrogen (secondary N) is 1. The van der Waals surface area contributed by atoms with Crippen LogP contribution in [0.2, 0.25) is 0 Å². The number of nitrogens with zero attached hydrogens (tertiary/aromatic N) is 2. The Balaban J connectivity index is 1.70. The maximum absolute atomic E-state index is 13.9. The molecule has 30 heavy (non-hydrogen) atoms. The first-order valence-electron chi connectivity index (χ1n) is 8.90. The quantitative estimate of drug-likeness (QED) is 0.696. The van der Waals surface area contributed by atoms with Crippen molar-refractivity contribution in [2.24, 2.45) is 0 Å². The molecule has 0 saturated carbocycles. The third-order valence-electron chi connectivity index (χ3n) is 4.67. The van der Waals surface area contributed by atoms with Crippen molar-refractivity contribution in [1.29, 1.82) is 0 Å². The molecule has 0 aliphatic carbocycles. The normalized spacial score (nSPS) is 14.9. The fraction of sp³-hybridized carbons (Fsp3) is 0.263. The van der Waals surface area contributed by atoms with E-state index in [2.05, 4.69) is 4.72 Å². The highest BCUT2D eigenvalue weighted by Gasteiger charge is 2.29. The average Bonchev–Trinajstić information content (AvgIpc) is 2.72. The smallest absolute Gasteiger partial charge is 0.259 e. The number of rotatable bonds is 5. The Hall–Kier alpha value is -3.05. The summed E-state index contributed by atoms with van der Waals surface area (Å²) in [5.74, 6) is -2.76. The molecule has 2 aromatic carbocycles. The first-order valence-corrected chi connectivity index (χ1v) is 10.0. The third-order valence-corrected chi connectivity index (χ3v) is 5.08. The van der Waals surface area contributed by atoms with Crippen LogP contribution >= 0.6 is 0 Å². The van der Waals surface area contributed by atoms with Crippen LogP contribution in [0.15, 0.2) is 36.4 Å². The summed E-state index contributed by atoms with van der Waals surface area (Å²) in [4.78, 5) is 28.1. The van der Waals surface area contributed by atoms with Gasteiger partial charge in [0.25, 0.3) is 23.1 Å². The van der Waals surface area contributed by atoms with Gasteiger partial charge >= 0.3 is 0 Å². The van der Waals surface area contributed by atoms with Gasteiger partial charge in [-0.05, 0) is 24.3 Å². The fourth-order valence-electron chi connectivity index (χ4n) is 3.18. The number of hydrogen-bond donors (Lipinski definition) is 2. The molecule has 0 spiro atoms. The zero-order valence-corrected chi connectivity index (χ0v) is 16.7. The molecule has 11 heteroatoms. The van der Waals surface area contributed by atoms with Gasteiger partial charge in [0.1, 0.15) is 22.9 Å². The van der Waals surface area contributed by atoms with Crippen LogP contribution in [0.4, 0.5) is 14.5 Å². The number of anilines is 1. The summed E-state index contributed by atoms with van der Waals surface area (Å²) in [5, 5.41) is 0. The molecule has 1 aliphatic heterocycles. The summed E-state index contributed by atoms with van der Waals surface area (Å²) in [6.07, 6.45) is 0. The average molecular weight is 439 g/mol. The Morgan fingerprint density at radius 2 is 1.60 bits per heavy atom. The van der Waals surface area contributed by atoms with Crippen LogP contribution in [0.5, 0.6) is 5.75 Å². The van der Waals surface area contributed by atoms with E-state index in [1.54, 1.807) is 0 Å². The minimum absolute atomic E-state index is 0.115. The SMILES string of the molecule is COc1cc(NS(=O)O)ccc1C(=O)N1CCN(C(=O)c2c(F)cccc2F)CC1. The van der Waals surface area contributed by atoms with Gasteiger partial charge in [-0.15, -0.1) is 0 Å². The van der Waals surface area contributed by atoms with Gasteiger partial charge in [0, 0.05) is 32.2 Å². The lowest BCUT2D eigenvalue weighted by molar-refractivity contribution is 0.0528. The Labute approximate surface area is 173 Å². The molecule has 1 fully saturated rings. The van der Waals surface area contributed by atoms with Crippen LogP contribution in [-0.4, -0.2) is 63.7 Å². The predicted octanol–water partition coefficient (Wildman–Crippen LogP) is 2.12. The molecule has 1 unspecified atom stereocenters. The molecular weight excluding hydrogens is 420 g/mol. The van der Waals surface area contributed by atoms with Gasteiger partial charge in [-0.2, -0.15) is 0 Å². The van der Waals surface area contributed by atoms with Crippen molar-refractivity contribution in [1.82, 2.24) is 9.80 Å². The molecule has 2 N–H and O–H groups in total. The Morgan fingerprint density at radius 1 is 1.03 bits per heavy atom. The number of ether oxygens (including phenoxy) is 1. The second kappa shape index (κ2) is 9.18. The number of piperazine rings is 1. The lowest BCUT2D eigenvalue weighted by Gasteiger charge is -2.35. The van der Waals surface area contributed by atoms with Crippen molar-refractivity contribution in [2.45, 2.75) is 0 Å². The first-order chi connectivity index (χ1) is 14.3. The first kappa shape index (κ1) is 21.7. The van der Waals surface area contributed by atoms with Gasteiger partial charge in [0.05, 0.1) is 18.4 Å². The van der Waals surface area contributed by atoms with E-state index in [0.29, 0.717) is 5.69 Å². The summed E-state index contributed by atoms with van der Waals surface area (Å²) >= 11 is -2.27. The Morgan fingerprint density at radius 3 is 2.13 bits per heavy atom. The fourth-order valence-corrected chi connectivity index (χ4v) is 3.50. The lowest BCUT2D eigenvalue weighted by Crippen LogP contribution is -2.51. The topological polar surface area (TPSA) is 99.2 Å². The monoisotopic (exact) mass is 439 g/mol. The number of hydrogen-bond acceptors (Lipinski definition) is 4. The van der Waals surface area contributed by atoms with Gasteiger partial charge in [-0.1, -0.05) is 6.07 Å². The maximum atomic E-state index is 13.9. The van der Waals surface area contributed by atoms with Crippen LogP contribution in [-0.2, 0) is 11.3 Å². The summed E-state index contributed by atoms with van der Waals surface area (Å²) in [6, 6.07) is 7.57. The molecule has 1 heterocycles. The number of halogens is 2. The van der Waals surface area contributed by atoms with Crippen LogP contribution in [0.1, 0.15) is 20.7 Å². The molecule has 2 aromatic rings. The highest BCUT2D eigenvalue weighted by molar-refractivity contribution is 7.80. The van der Waals surface area contributed by atoms with Crippen molar-refractivity contribution in [3.05, 3.63) is 59.2 Å². The highest BCUT2D eigenvalue weighted by Crippen LogP contribution is 2.25. The molecule has 0 bridgehead atoms. The van der Waals surface area contributed by atoms with Crippen molar-refractivity contribution in [2.75, 3.05) is 38.0 Å². The largest absolute Gasteiger partial charge is 0.496 e. The molecule has 1 saturated heterocycles. The molecule has 0 aromatic heterocycles. The van der Waals surface area contributed by atoms with Crippen LogP contribution in [0.3, 0.4) is 0 Å². The summed E-state index contributed by atoms with van der Waals surface area (Å²) in [7, 11) is 1.37. The molecule has 2 amide bonds. The molecule has 8 nitrogen and oxygen atoms in total. The molecule has 1 aliphatic rings. The Kier molecular flexibility index (Phi) is 6.63. The standard InChI is InChI=1S/C19H19F2N3O5S/c1-29-16-11-12(22-30(27)28)5-6-13(16)18(25)23-7-9-24(10-8-23)19(26)17-14(20)3-2-4-15(17)21/h2-6,11,22H,7-10H2,1H3,(H,27,28). The summed E-state index contributed by atoms with van der Waals surface area (Å²) in [6.45, 7) is 0.572. The number of carbonyl (C=O) groups excluding carboxylic acids is 2. The summed E-state index contributed by atoms with van der Waals surface area (Å²) in [5.41, 5.74) is -0.0680. The van der Waals surface area contributed by atoms with E-state index in [9.17, 15) is 22.6 Å². The van der Waals surface area contributed by atoms with Crippen molar-refractivity contribution in [3.8, 4) is 5.75 Å². The van der Waals surface area contributed by atoms with Gasteiger partial charge in [0.15, 0.2) is 0 Å². The molecule has 0 radical (unpaired) electrons. The van der Waals surface area contributed by atoms with Gasteiger partial charge in [-0.25, -0.2) is 13.0 Å². The highest BCUT2D eigenvalue weighted by atomic mass is 32.2. The second-order valence-corrected chi connectivity index (χ2v) is 7.15. The van der Waals surface area contributed by atoms with Gasteiger partial charge in [-0.3, -0.25) is 18.9 Å². The molecular formula is C19H19F2N3O5S. The zero-order chi connectivity index (χ0) is 21.8. The molecule has 160 valence electrons. The van der Waals surface area contributed by atoms with Crippen molar-refractivity contribution < 1.29 is 31.9 Å².